The third kappa shape index (κ3) is 1.86. The molecule has 80 valence electrons. The first-order chi connectivity index (χ1) is 7.26. The Kier molecular flexibility index (Phi) is 2.95. The summed E-state index contributed by atoms with van der Waals surface area (Å²) in [4.78, 5) is 12.5. The predicted octanol–water partition coefficient (Wildman–Crippen LogP) is 1.97. The van der Waals surface area contributed by atoms with Gasteiger partial charge < -0.3 is 9.64 Å². The second kappa shape index (κ2) is 4.23. The minimum absolute atomic E-state index is 0.663. The fourth-order valence-corrected chi connectivity index (χ4v) is 2.51. The zero-order valence-corrected chi connectivity index (χ0v) is 10.1. The van der Waals surface area contributed by atoms with Crippen LogP contribution >= 0.6 is 15.9 Å². The van der Waals surface area contributed by atoms with Gasteiger partial charge in [-0.3, -0.25) is 4.79 Å². The monoisotopic (exact) mass is 269 g/mol. The average Bonchev–Trinajstić information content (AvgIpc) is 2.29. The molecule has 0 fully saturated rings. The first kappa shape index (κ1) is 10.5. The van der Waals surface area contributed by atoms with E-state index < -0.39 is 0 Å². The van der Waals surface area contributed by atoms with Crippen molar-refractivity contribution < 1.29 is 9.53 Å². The zero-order valence-electron chi connectivity index (χ0n) is 8.50. The van der Waals surface area contributed by atoms with Gasteiger partial charge in [0.15, 0.2) is 0 Å². The number of rotatable bonds is 2. The summed E-state index contributed by atoms with van der Waals surface area (Å²) in [5.74, 6) is 0.821. The van der Waals surface area contributed by atoms with Crippen LogP contribution in [0.2, 0.25) is 0 Å². The normalized spacial score (nSPS) is 14.7. The minimum atomic E-state index is 0.663. The van der Waals surface area contributed by atoms with Gasteiger partial charge in [0.2, 0.25) is 6.41 Å². The SMILES string of the molecule is COc1ccc2c(c1Br)CN(C=O)CC2. The van der Waals surface area contributed by atoms with E-state index in [1.807, 2.05) is 6.07 Å². The van der Waals surface area contributed by atoms with Crippen LogP contribution < -0.4 is 4.74 Å². The van der Waals surface area contributed by atoms with E-state index in [1.165, 1.54) is 5.56 Å². The van der Waals surface area contributed by atoms with Gasteiger partial charge in [-0.2, -0.15) is 0 Å². The van der Waals surface area contributed by atoms with Crippen molar-refractivity contribution in [1.29, 1.82) is 0 Å². The summed E-state index contributed by atoms with van der Waals surface area (Å²) in [7, 11) is 1.65. The van der Waals surface area contributed by atoms with E-state index in [1.54, 1.807) is 12.0 Å². The molecule has 0 aromatic heterocycles. The van der Waals surface area contributed by atoms with Gasteiger partial charge in [0, 0.05) is 13.1 Å². The number of hydrogen-bond acceptors (Lipinski definition) is 2. The number of carbonyl (C=O) groups is 1. The van der Waals surface area contributed by atoms with Crippen LogP contribution in [-0.2, 0) is 17.8 Å². The molecule has 15 heavy (non-hydrogen) atoms. The van der Waals surface area contributed by atoms with E-state index in [9.17, 15) is 4.79 Å². The lowest BCUT2D eigenvalue weighted by Gasteiger charge is -2.26. The number of halogens is 1. The highest BCUT2D eigenvalue weighted by molar-refractivity contribution is 9.10. The Morgan fingerprint density at radius 1 is 1.53 bits per heavy atom. The summed E-state index contributed by atoms with van der Waals surface area (Å²) in [5.41, 5.74) is 2.45. The molecule has 2 rings (SSSR count). The lowest BCUT2D eigenvalue weighted by Crippen LogP contribution is -2.29. The zero-order chi connectivity index (χ0) is 10.8. The molecular formula is C11H12BrNO2. The largest absolute Gasteiger partial charge is 0.496 e. The second-order valence-electron chi connectivity index (χ2n) is 3.55. The standard InChI is InChI=1S/C11H12BrNO2/c1-15-10-3-2-8-4-5-13(7-14)6-9(8)11(10)12/h2-3,7H,4-6H2,1H3. The fourth-order valence-electron chi connectivity index (χ4n) is 1.84. The molecule has 1 aromatic rings. The summed E-state index contributed by atoms with van der Waals surface area (Å²) >= 11 is 3.52. The second-order valence-corrected chi connectivity index (χ2v) is 4.34. The summed E-state index contributed by atoms with van der Waals surface area (Å²) < 4.78 is 6.19. The first-order valence-electron chi connectivity index (χ1n) is 4.80. The van der Waals surface area contributed by atoms with E-state index in [4.69, 9.17) is 4.74 Å². The fraction of sp³-hybridized carbons (Fsp3) is 0.364. The average molecular weight is 270 g/mol. The molecule has 3 nitrogen and oxygen atoms in total. The van der Waals surface area contributed by atoms with Crippen LogP contribution in [0, 0.1) is 0 Å². The van der Waals surface area contributed by atoms with Crippen molar-refractivity contribution in [3.05, 3.63) is 27.7 Å². The van der Waals surface area contributed by atoms with Crippen molar-refractivity contribution >= 4 is 22.3 Å². The maximum Gasteiger partial charge on any atom is 0.210 e. The molecule has 1 aromatic carbocycles. The van der Waals surface area contributed by atoms with Crippen LogP contribution in [-0.4, -0.2) is 25.0 Å². The first-order valence-corrected chi connectivity index (χ1v) is 5.59. The van der Waals surface area contributed by atoms with E-state index in [0.717, 1.165) is 35.2 Å². The maximum atomic E-state index is 10.7. The Hall–Kier alpha value is -1.03. The molecule has 1 aliphatic heterocycles. The van der Waals surface area contributed by atoms with Gasteiger partial charge in [0.1, 0.15) is 5.75 Å². The van der Waals surface area contributed by atoms with Crippen molar-refractivity contribution in [3.8, 4) is 5.75 Å². The number of benzene rings is 1. The lowest BCUT2D eigenvalue weighted by molar-refractivity contribution is -0.118. The molecule has 1 aliphatic rings. The third-order valence-electron chi connectivity index (χ3n) is 2.70. The lowest BCUT2D eigenvalue weighted by atomic mass is 10.00. The maximum absolute atomic E-state index is 10.7. The van der Waals surface area contributed by atoms with Crippen LogP contribution in [0.4, 0.5) is 0 Å². The molecule has 0 aliphatic carbocycles. The van der Waals surface area contributed by atoms with Gasteiger partial charge in [-0.05, 0) is 39.5 Å². The molecule has 0 saturated carbocycles. The number of fused-ring (bicyclic) bond motifs is 1. The summed E-state index contributed by atoms with van der Waals surface area (Å²) in [6.07, 6.45) is 1.81. The Morgan fingerprint density at radius 3 is 3.00 bits per heavy atom. The highest BCUT2D eigenvalue weighted by atomic mass is 79.9. The Morgan fingerprint density at radius 2 is 2.33 bits per heavy atom. The number of ether oxygens (including phenoxy) is 1. The van der Waals surface area contributed by atoms with Crippen LogP contribution in [0.15, 0.2) is 16.6 Å². The number of hydrogen-bond donors (Lipinski definition) is 0. The van der Waals surface area contributed by atoms with Crippen molar-refractivity contribution in [2.75, 3.05) is 13.7 Å². The van der Waals surface area contributed by atoms with E-state index >= 15 is 0 Å². The molecule has 0 unspecified atom stereocenters. The van der Waals surface area contributed by atoms with Crippen molar-refractivity contribution in [2.24, 2.45) is 0 Å². The van der Waals surface area contributed by atoms with Crippen molar-refractivity contribution in [2.45, 2.75) is 13.0 Å². The van der Waals surface area contributed by atoms with Gasteiger partial charge in [-0.15, -0.1) is 0 Å². The molecule has 1 amide bonds. The third-order valence-corrected chi connectivity index (χ3v) is 3.57. The quantitative estimate of drug-likeness (QED) is 0.769. The molecule has 1 heterocycles. The van der Waals surface area contributed by atoms with E-state index in [0.29, 0.717) is 6.54 Å². The van der Waals surface area contributed by atoms with Crippen LogP contribution in [0.3, 0.4) is 0 Å². The number of methoxy groups -OCH3 is 1. The topological polar surface area (TPSA) is 29.5 Å². The highest BCUT2D eigenvalue weighted by Crippen LogP contribution is 2.33. The van der Waals surface area contributed by atoms with Gasteiger partial charge >= 0.3 is 0 Å². The van der Waals surface area contributed by atoms with Gasteiger partial charge in [0.05, 0.1) is 11.6 Å². The van der Waals surface area contributed by atoms with Crippen molar-refractivity contribution in [1.82, 2.24) is 4.90 Å². The molecule has 4 heteroatoms. The summed E-state index contributed by atoms with van der Waals surface area (Å²) in [6, 6.07) is 4.03. The molecule has 0 radical (unpaired) electrons. The van der Waals surface area contributed by atoms with Gasteiger partial charge in [-0.1, -0.05) is 6.07 Å². The Bertz CT molecular complexity index is 392. The Balaban J connectivity index is 2.41. The minimum Gasteiger partial charge on any atom is -0.496 e. The molecule has 0 spiro atoms. The number of nitrogens with zero attached hydrogens (tertiary/aromatic N) is 1. The van der Waals surface area contributed by atoms with Crippen LogP contribution in [0.25, 0.3) is 0 Å². The Labute approximate surface area is 97.2 Å². The van der Waals surface area contributed by atoms with E-state index in [2.05, 4.69) is 22.0 Å². The van der Waals surface area contributed by atoms with E-state index in [-0.39, 0.29) is 0 Å². The molecule has 0 atom stereocenters. The van der Waals surface area contributed by atoms with Crippen LogP contribution in [0.5, 0.6) is 5.75 Å². The highest BCUT2D eigenvalue weighted by Gasteiger charge is 2.19. The van der Waals surface area contributed by atoms with Gasteiger partial charge in [-0.25, -0.2) is 0 Å². The molecule has 0 saturated heterocycles. The summed E-state index contributed by atoms with van der Waals surface area (Å²) in [6.45, 7) is 1.46. The van der Waals surface area contributed by atoms with Crippen molar-refractivity contribution in [3.63, 3.8) is 0 Å². The molecular weight excluding hydrogens is 258 g/mol. The molecule has 0 N–H and O–H groups in total. The molecule has 0 bridgehead atoms. The summed E-state index contributed by atoms with van der Waals surface area (Å²) in [5, 5.41) is 0. The number of carbonyl (C=O) groups excluding carboxylic acids is 1. The smallest absolute Gasteiger partial charge is 0.210 e. The van der Waals surface area contributed by atoms with Gasteiger partial charge in [0.25, 0.3) is 0 Å². The predicted molar refractivity (Wildman–Crippen MR) is 60.9 cm³/mol. The van der Waals surface area contributed by atoms with Crippen LogP contribution in [0.1, 0.15) is 11.1 Å². The number of amides is 1.